The molecule has 1 aromatic carbocycles. The number of oxazole rings is 1. The van der Waals surface area contributed by atoms with E-state index in [2.05, 4.69) is 15.4 Å². The first-order valence-corrected chi connectivity index (χ1v) is 9.23. The number of nitrogens with one attached hydrogen (secondary N) is 1. The van der Waals surface area contributed by atoms with Crippen LogP contribution in [0.5, 0.6) is 0 Å². The average molecular weight is 387 g/mol. The van der Waals surface area contributed by atoms with Gasteiger partial charge in [-0.15, -0.1) is 0 Å². The van der Waals surface area contributed by atoms with Crippen LogP contribution in [0.4, 0.5) is 0 Å². The number of carbonyl (C=O) groups is 1. The Balaban J connectivity index is 1.57. The van der Waals surface area contributed by atoms with Crippen LogP contribution in [0, 0.1) is 13.8 Å². The molecule has 142 valence electrons. The summed E-state index contributed by atoms with van der Waals surface area (Å²) in [5.74, 6) is 1.16. The fourth-order valence-electron chi connectivity index (χ4n) is 3.20. The van der Waals surface area contributed by atoms with E-state index in [1.54, 1.807) is 18.3 Å². The van der Waals surface area contributed by atoms with E-state index in [1.807, 2.05) is 44.6 Å². The molecule has 0 aliphatic heterocycles. The standard InChI is InChI=1S/C20H23ClN4O2/c1-12(20-13(2)24-25(4)14(20)3)23-18(26)9-10-19-22-11-17(27-19)15-5-7-16(21)8-6-15/h5-8,11-12H,9-10H2,1-4H3,(H,23,26). The van der Waals surface area contributed by atoms with E-state index in [9.17, 15) is 4.79 Å². The van der Waals surface area contributed by atoms with Crippen LogP contribution in [-0.2, 0) is 18.3 Å². The molecule has 0 aliphatic carbocycles. The van der Waals surface area contributed by atoms with Crippen molar-refractivity contribution in [3.63, 3.8) is 0 Å². The predicted octanol–water partition coefficient (Wildman–Crippen LogP) is 4.16. The van der Waals surface area contributed by atoms with Gasteiger partial charge in [0, 0.05) is 41.7 Å². The van der Waals surface area contributed by atoms with Gasteiger partial charge < -0.3 is 9.73 Å². The number of nitrogens with zero attached hydrogens (tertiary/aromatic N) is 3. The Morgan fingerprint density at radius 3 is 2.63 bits per heavy atom. The minimum absolute atomic E-state index is 0.0450. The van der Waals surface area contributed by atoms with Crippen LogP contribution in [0.2, 0.25) is 5.02 Å². The molecule has 1 N–H and O–H groups in total. The summed E-state index contributed by atoms with van der Waals surface area (Å²) in [5.41, 5.74) is 3.95. The van der Waals surface area contributed by atoms with Gasteiger partial charge in [0.05, 0.1) is 17.9 Å². The highest BCUT2D eigenvalue weighted by atomic mass is 35.5. The van der Waals surface area contributed by atoms with E-state index in [-0.39, 0.29) is 11.9 Å². The fourth-order valence-corrected chi connectivity index (χ4v) is 3.32. The summed E-state index contributed by atoms with van der Waals surface area (Å²) in [5, 5.41) is 8.10. The Kier molecular flexibility index (Phi) is 5.65. The zero-order valence-corrected chi connectivity index (χ0v) is 16.7. The third-order valence-corrected chi connectivity index (χ3v) is 4.88. The van der Waals surface area contributed by atoms with E-state index in [0.29, 0.717) is 29.5 Å². The monoisotopic (exact) mass is 386 g/mol. The van der Waals surface area contributed by atoms with Crippen molar-refractivity contribution in [2.24, 2.45) is 7.05 Å². The maximum Gasteiger partial charge on any atom is 0.220 e. The van der Waals surface area contributed by atoms with Crippen molar-refractivity contribution in [2.45, 2.75) is 39.7 Å². The summed E-state index contributed by atoms with van der Waals surface area (Å²) in [6.45, 7) is 5.93. The van der Waals surface area contributed by atoms with Crippen molar-refractivity contribution in [1.82, 2.24) is 20.1 Å². The van der Waals surface area contributed by atoms with Crippen molar-refractivity contribution in [3.8, 4) is 11.3 Å². The van der Waals surface area contributed by atoms with Crippen LogP contribution >= 0.6 is 11.6 Å². The number of amides is 1. The second-order valence-electron chi connectivity index (χ2n) is 6.62. The summed E-state index contributed by atoms with van der Waals surface area (Å²) in [7, 11) is 1.90. The number of carbonyl (C=O) groups excluding carboxylic acids is 1. The summed E-state index contributed by atoms with van der Waals surface area (Å²) in [4.78, 5) is 16.6. The van der Waals surface area contributed by atoms with E-state index in [4.69, 9.17) is 16.0 Å². The van der Waals surface area contributed by atoms with Crippen molar-refractivity contribution in [1.29, 1.82) is 0 Å². The van der Waals surface area contributed by atoms with E-state index < -0.39 is 0 Å². The van der Waals surface area contributed by atoms with Crippen LogP contribution < -0.4 is 5.32 Å². The molecule has 27 heavy (non-hydrogen) atoms. The molecule has 0 bridgehead atoms. The molecule has 1 amide bonds. The highest BCUT2D eigenvalue weighted by Crippen LogP contribution is 2.23. The molecule has 3 aromatic rings. The second kappa shape index (κ2) is 7.96. The Bertz CT molecular complexity index is 944. The van der Waals surface area contributed by atoms with Gasteiger partial charge in [0.2, 0.25) is 5.91 Å². The minimum Gasteiger partial charge on any atom is -0.441 e. The number of aryl methyl sites for hydroxylation is 3. The molecule has 1 atom stereocenters. The zero-order valence-electron chi connectivity index (χ0n) is 15.9. The normalized spacial score (nSPS) is 12.2. The highest BCUT2D eigenvalue weighted by Gasteiger charge is 2.18. The number of hydrogen-bond donors (Lipinski definition) is 1. The molecule has 0 saturated heterocycles. The lowest BCUT2D eigenvalue weighted by molar-refractivity contribution is -0.121. The molecule has 2 aromatic heterocycles. The lowest BCUT2D eigenvalue weighted by atomic mass is 10.1. The van der Waals surface area contributed by atoms with Gasteiger partial charge in [0.15, 0.2) is 11.7 Å². The topological polar surface area (TPSA) is 73.0 Å². The molecule has 0 radical (unpaired) electrons. The predicted molar refractivity (Wildman–Crippen MR) is 105 cm³/mol. The Labute approximate surface area is 163 Å². The lowest BCUT2D eigenvalue weighted by Crippen LogP contribution is -2.27. The van der Waals surface area contributed by atoms with Crippen molar-refractivity contribution < 1.29 is 9.21 Å². The number of benzene rings is 1. The first-order valence-electron chi connectivity index (χ1n) is 8.85. The van der Waals surface area contributed by atoms with Crippen molar-refractivity contribution in [2.75, 3.05) is 0 Å². The number of halogens is 1. The van der Waals surface area contributed by atoms with Gasteiger partial charge in [-0.2, -0.15) is 5.10 Å². The summed E-state index contributed by atoms with van der Waals surface area (Å²) >= 11 is 5.90. The molecular weight excluding hydrogens is 364 g/mol. The molecule has 1 unspecified atom stereocenters. The summed E-state index contributed by atoms with van der Waals surface area (Å²) in [6, 6.07) is 7.26. The number of hydrogen-bond acceptors (Lipinski definition) is 4. The van der Waals surface area contributed by atoms with E-state index >= 15 is 0 Å². The molecule has 0 spiro atoms. The molecule has 3 rings (SSSR count). The molecule has 2 heterocycles. The number of rotatable bonds is 6. The van der Waals surface area contributed by atoms with Gasteiger partial charge >= 0.3 is 0 Å². The zero-order chi connectivity index (χ0) is 19.6. The van der Waals surface area contributed by atoms with Gasteiger partial charge in [0.1, 0.15) is 0 Å². The third-order valence-electron chi connectivity index (χ3n) is 4.62. The van der Waals surface area contributed by atoms with Crippen LogP contribution in [-0.4, -0.2) is 20.7 Å². The Morgan fingerprint density at radius 2 is 2.00 bits per heavy atom. The summed E-state index contributed by atoms with van der Waals surface area (Å²) < 4.78 is 7.58. The van der Waals surface area contributed by atoms with E-state index in [0.717, 1.165) is 22.5 Å². The largest absolute Gasteiger partial charge is 0.441 e. The minimum atomic E-state index is -0.0969. The van der Waals surface area contributed by atoms with Crippen molar-refractivity contribution in [3.05, 3.63) is 58.3 Å². The Hall–Kier alpha value is -2.60. The van der Waals surface area contributed by atoms with Gasteiger partial charge in [-0.25, -0.2) is 4.98 Å². The van der Waals surface area contributed by atoms with Gasteiger partial charge in [-0.05, 0) is 45.0 Å². The Morgan fingerprint density at radius 1 is 1.30 bits per heavy atom. The third kappa shape index (κ3) is 4.39. The number of aromatic nitrogens is 3. The fraction of sp³-hybridized carbons (Fsp3) is 0.350. The van der Waals surface area contributed by atoms with Gasteiger partial charge in [0.25, 0.3) is 0 Å². The van der Waals surface area contributed by atoms with Gasteiger partial charge in [-0.1, -0.05) is 11.6 Å². The maximum atomic E-state index is 12.3. The lowest BCUT2D eigenvalue weighted by Gasteiger charge is -2.14. The summed E-state index contributed by atoms with van der Waals surface area (Å²) in [6.07, 6.45) is 2.42. The smallest absolute Gasteiger partial charge is 0.220 e. The molecule has 7 heteroatoms. The van der Waals surface area contributed by atoms with Gasteiger partial charge in [-0.3, -0.25) is 9.48 Å². The molecule has 0 saturated carbocycles. The molecule has 0 fully saturated rings. The molecular formula is C20H23ClN4O2. The average Bonchev–Trinajstić information content (AvgIpc) is 3.18. The highest BCUT2D eigenvalue weighted by molar-refractivity contribution is 6.30. The van der Waals surface area contributed by atoms with E-state index in [1.165, 1.54) is 0 Å². The molecule has 0 aliphatic rings. The maximum absolute atomic E-state index is 12.3. The second-order valence-corrected chi connectivity index (χ2v) is 7.06. The first kappa shape index (κ1) is 19.2. The SMILES string of the molecule is Cc1nn(C)c(C)c1C(C)NC(=O)CCc1ncc(-c2ccc(Cl)cc2)o1. The first-order chi connectivity index (χ1) is 12.8. The van der Waals surface area contributed by atoms with Crippen LogP contribution in [0.25, 0.3) is 11.3 Å². The van der Waals surface area contributed by atoms with Crippen LogP contribution in [0.15, 0.2) is 34.9 Å². The van der Waals surface area contributed by atoms with Crippen molar-refractivity contribution >= 4 is 17.5 Å². The van der Waals surface area contributed by atoms with Crippen LogP contribution in [0.3, 0.4) is 0 Å². The molecule has 6 nitrogen and oxygen atoms in total. The quantitative estimate of drug-likeness (QED) is 0.690. The van der Waals surface area contributed by atoms with Crippen LogP contribution in [0.1, 0.15) is 42.2 Å².